The third-order valence-corrected chi connectivity index (χ3v) is 5.26. The van der Waals surface area contributed by atoms with Crippen molar-refractivity contribution in [3.8, 4) is 0 Å². The molecule has 2 rings (SSSR count). The van der Waals surface area contributed by atoms with E-state index in [0.29, 0.717) is 16.9 Å². The van der Waals surface area contributed by atoms with E-state index in [-0.39, 0.29) is 17.0 Å². The maximum absolute atomic E-state index is 14.0. The summed E-state index contributed by atoms with van der Waals surface area (Å²) >= 11 is 3.17. The van der Waals surface area contributed by atoms with Gasteiger partial charge in [0.2, 0.25) is 10.0 Å². The van der Waals surface area contributed by atoms with Gasteiger partial charge in [-0.2, -0.15) is 0 Å². The molecule has 0 saturated heterocycles. The van der Waals surface area contributed by atoms with Crippen molar-refractivity contribution in [1.29, 1.82) is 0 Å². The normalized spacial score (nSPS) is 16.4. The minimum atomic E-state index is -3.83. The van der Waals surface area contributed by atoms with Crippen LogP contribution in [-0.2, 0) is 16.6 Å². The molecule has 0 spiro atoms. The van der Waals surface area contributed by atoms with Crippen molar-refractivity contribution in [2.45, 2.75) is 30.7 Å². The summed E-state index contributed by atoms with van der Waals surface area (Å²) < 4.78 is 41.2. The molecule has 1 fully saturated rings. The van der Waals surface area contributed by atoms with Crippen LogP contribution in [0.4, 0.5) is 4.39 Å². The van der Waals surface area contributed by atoms with Gasteiger partial charge in [-0.25, -0.2) is 17.5 Å². The monoisotopic (exact) mass is 350 g/mol. The highest BCUT2D eigenvalue weighted by Gasteiger charge is 2.25. The predicted octanol–water partition coefficient (Wildman–Crippen LogP) is 2.13. The van der Waals surface area contributed by atoms with Gasteiger partial charge >= 0.3 is 0 Å². The fourth-order valence-corrected chi connectivity index (χ4v) is 3.88. The molecule has 19 heavy (non-hydrogen) atoms. The lowest BCUT2D eigenvalue weighted by molar-refractivity contribution is 0.316. The Morgan fingerprint density at radius 3 is 2.63 bits per heavy atom. The molecule has 1 aromatic rings. The minimum absolute atomic E-state index is 0.0452. The molecule has 106 valence electrons. The predicted molar refractivity (Wildman–Crippen MR) is 74.5 cm³/mol. The average molecular weight is 351 g/mol. The third kappa shape index (κ3) is 3.34. The van der Waals surface area contributed by atoms with Crippen LogP contribution in [-0.4, -0.2) is 15.0 Å². The summed E-state index contributed by atoms with van der Waals surface area (Å²) in [5.41, 5.74) is 5.59. The zero-order chi connectivity index (χ0) is 14.0. The Morgan fingerprint density at radius 2 is 2.11 bits per heavy atom. The van der Waals surface area contributed by atoms with Crippen LogP contribution in [0.15, 0.2) is 21.5 Å². The van der Waals surface area contributed by atoms with Crippen molar-refractivity contribution in [3.63, 3.8) is 0 Å². The van der Waals surface area contributed by atoms with E-state index in [2.05, 4.69) is 20.7 Å². The first-order valence-electron chi connectivity index (χ1n) is 6.11. The Morgan fingerprint density at radius 1 is 1.42 bits per heavy atom. The number of nitrogens with one attached hydrogen (secondary N) is 1. The van der Waals surface area contributed by atoms with E-state index in [1.807, 2.05) is 0 Å². The van der Waals surface area contributed by atoms with E-state index in [1.54, 1.807) is 0 Å². The molecule has 4 nitrogen and oxygen atoms in total. The second-order valence-electron chi connectivity index (χ2n) is 4.73. The topological polar surface area (TPSA) is 72.2 Å². The van der Waals surface area contributed by atoms with Crippen LogP contribution in [0.2, 0.25) is 0 Å². The molecule has 1 aliphatic carbocycles. The molecular formula is C12H16BrFN2O2S. The maximum Gasteiger partial charge on any atom is 0.243 e. The number of halogens is 2. The van der Waals surface area contributed by atoms with Crippen molar-refractivity contribution in [2.24, 2.45) is 11.7 Å². The largest absolute Gasteiger partial charge is 0.326 e. The number of nitrogens with two attached hydrogens (primary N) is 1. The molecule has 1 saturated carbocycles. The van der Waals surface area contributed by atoms with Gasteiger partial charge in [-0.15, -0.1) is 0 Å². The van der Waals surface area contributed by atoms with Crippen LogP contribution in [0.5, 0.6) is 0 Å². The van der Waals surface area contributed by atoms with Crippen LogP contribution in [0.25, 0.3) is 0 Å². The second-order valence-corrected chi connectivity index (χ2v) is 7.38. The van der Waals surface area contributed by atoms with Crippen LogP contribution >= 0.6 is 15.9 Å². The van der Waals surface area contributed by atoms with Crippen molar-refractivity contribution < 1.29 is 12.8 Å². The van der Waals surface area contributed by atoms with E-state index < -0.39 is 15.8 Å². The highest BCUT2D eigenvalue weighted by atomic mass is 79.9. The maximum atomic E-state index is 14.0. The molecule has 7 heteroatoms. The molecule has 0 unspecified atom stereocenters. The van der Waals surface area contributed by atoms with Gasteiger partial charge < -0.3 is 5.73 Å². The van der Waals surface area contributed by atoms with Gasteiger partial charge in [0.05, 0.1) is 0 Å². The number of hydrogen-bond donors (Lipinski definition) is 2. The zero-order valence-electron chi connectivity index (χ0n) is 10.3. The Labute approximate surface area is 120 Å². The van der Waals surface area contributed by atoms with Crippen LogP contribution < -0.4 is 10.5 Å². The lowest BCUT2D eigenvalue weighted by Gasteiger charge is -2.25. The first-order chi connectivity index (χ1) is 8.94. The molecule has 0 atom stereocenters. The van der Waals surface area contributed by atoms with E-state index in [9.17, 15) is 12.8 Å². The van der Waals surface area contributed by atoms with Crippen molar-refractivity contribution in [2.75, 3.05) is 6.54 Å². The molecule has 0 aliphatic heterocycles. The molecule has 1 aromatic carbocycles. The molecule has 0 radical (unpaired) electrons. The van der Waals surface area contributed by atoms with Gasteiger partial charge in [0.1, 0.15) is 10.7 Å². The summed E-state index contributed by atoms with van der Waals surface area (Å²) in [6.45, 7) is 0.322. The lowest BCUT2D eigenvalue weighted by Crippen LogP contribution is -2.32. The Balaban J connectivity index is 2.25. The molecule has 1 aliphatic rings. The smallest absolute Gasteiger partial charge is 0.243 e. The summed E-state index contributed by atoms with van der Waals surface area (Å²) in [6, 6.07) is 2.75. The van der Waals surface area contributed by atoms with E-state index in [0.717, 1.165) is 19.3 Å². The summed E-state index contributed by atoms with van der Waals surface area (Å²) in [7, 11) is -3.83. The average Bonchev–Trinajstić information content (AvgIpc) is 2.29. The summed E-state index contributed by atoms with van der Waals surface area (Å²) in [4.78, 5) is -0.346. The van der Waals surface area contributed by atoms with Crippen molar-refractivity contribution >= 4 is 26.0 Å². The summed E-state index contributed by atoms with van der Waals surface area (Å²) in [5.74, 6) is -0.397. The van der Waals surface area contributed by atoms with E-state index in [1.165, 1.54) is 12.1 Å². The van der Waals surface area contributed by atoms with Crippen molar-refractivity contribution in [3.05, 3.63) is 28.0 Å². The second kappa shape index (κ2) is 5.87. The Bertz CT molecular complexity index is 573. The minimum Gasteiger partial charge on any atom is -0.326 e. The number of hydrogen-bond acceptors (Lipinski definition) is 3. The van der Waals surface area contributed by atoms with E-state index >= 15 is 0 Å². The van der Waals surface area contributed by atoms with Gasteiger partial charge in [0.25, 0.3) is 0 Å². The number of sulfonamides is 1. The fourth-order valence-electron chi connectivity index (χ4n) is 1.96. The first kappa shape index (κ1) is 14.9. The third-order valence-electron chi connectivity index (χ3n) is 3.38. The van der Waals surface area contributed by atoms with Crippen LogP contribution in [0, 0.1) is 11.7 Å². The van der Waals surface area contributed by atoms with E-state index in [4.69, 9.17) is 5.73 Å². The highest BCUT2D eigenvalue weighted by molar-refractivity contribution is 9.10. The lowest BCUT2D eigenvalue weighted by atomic mass is 9.86. The SMILES string of the molecule is NCc1cc(Br)cc(S(=O)(=O)NCC2CCC2)c1F. The van der Waals surface area contributed by atoms with Gasteiger partial charge in [-0.1, -0.05) is 22.4 Å². The first-order valence-corrected chi connectivity index (χ1v) is 8.39. The van der Waals surface area contributed by atoms with Gasteiger partial charge in [-0.3, -0.25) is 0 Å². The molecule has 0 aromatic heterocycles. The fraction of sp³-hybridized carbons (Fsp3) is 0.500. The summed E-state index contributed by atoms with van der Waals surface area (Å²) in [6.07, 6.45) is 3.18. The Hall–Kier alpha value is -0.500. The molecule has 0 heterocycles. The Kier molecular flexibility index (Phi) is 4.60. The number of rotatable bonds is 5. The van der Waals surface area contributed by atoms with Crippen molar-refractivity contribution in [1.82, 2.24) is 4.72 Å². The van der Waals surface area contributed by atoms with Gasteiger partial charge in [0.15, 0.2) is 0 Å². The number of benzene rings is 1. The standard InChI is InChI=1S/C12H16BrFN2O2S/c13-10-4-9(6-15)12(14)11(5-10)19(17,18)16-7-8-2-1-3-8/h4-5,8,16H,1-3,6-7,15H2. The van der Waals surface area contributed by atoms with Crippen LogP contribution in [0.3, 0.4) is 0 Å². The summed E-state index contributed by atoms with van der Waals surface area (Å²) in [5, 5.41) is 0. The molecule has 0 amide bonds. The van der Waals surface area contributed by atoms with Gasteiger partial charge in [0, 0.05) is 23.1 Å². The quantitative estimate of drug-likeness (QED) is 0.854. The van der Waals surface area contributed by atoms with Gasteiger partial charge in [-0.05, 0) is 30.9 Å². The molecule has 3 N–H and O–H groups in total. The zero-order valence-corrected chi connectivity index (χ0v) is 12.7. The van der Waals surface area contributed by atoms with Crippen LogP contribution in [0.1, 0.15) is 24.8 Å². The molecule has 0 bridgehead atoms. The molecular weight excluding hydrogens is 335 g/mol. The highest BCUT2D eigenvalue weighted by Crippen LogP contribution is 2.27.